The molecule has 0 radical (unpaired) electrons. The summed E-state index contributed by atoms with van der Waals surface area (Å²) in [6.07, 6.45) is 1.24. The minimum atomic E-state index is -0.449. The van der Waals surface area contributed by atoms with Crippen LogP contribution >= 0.6 is 23.2 Å². The van der Waals surface area contributed by atoms with Gasteiger partial charge in [-0.25, -0.2) is 4.98 Å². The molecule has 1 heterocycles. The van der Waals surface area contributed by atoms with Crippen molar-refractivity contribution in [2.75, 3.05) is 0 Å². The van der Waals surface area contributed by atoms with E-state index in [1.54, 1.807) is 12.1 Å². The Morgan fingerprint density at radius 3 is 2.60 bits per heavy atom. The van der Waals surface area contributed by atoms with Gasteiger partial charge in [0.1, 0.15) is 5.75 Å². The Hall–Kier alpha value is -2.04. The summed E-state index contributed by atoms with van der Waals surface area (Å²) in [5, 5.41) is 2.20. The van der Waals surface area contributed by atoms with Gasteiger partial charge in [0.15, 0.2) is 5.02 Å². The van der Waals surface area contributed by atoms with Crippen molar-refractivity contribution in [3.05, 3.63) is 63.1 Å². The molecule has 100 valence electrons. The number of rotatable bonds is 2. The lowest BCUT2D eigenvalue weighted by Crippen LogP contribution is -2.07. The molecule has 0 aliphatic carbocycles. The van der Waals surface area contributed by atoms with Crippen LogP contribution in [0.2, 0.25) is 10.0 Å². The molecular formula is C14H8Cl2N2O2. The molecule has 0 saturated heterocycles. The highest BCUT2D eigenvalue weighted by atomic mass is 35.5. The molecule has 0 fully saturated rings. The van der Waals surface area contributed by atoms with Crippen LogP contribution in [-0.4, -0.2) is 9.97 Å². The highest BCUT2D eigenvalue weighted by Crippen LogP contribution is 2.34. The second-order valence-electron chi connectivity index (χ2n) is 4.04. The number of aromatic amines is 1. The van der Waals surface area contributed by atoms with Crippen molar-refractivity contribution >= 4 is 34.0 Å². The van der Waals surface area contributed by atoms with Crippen molar-refractivity contribution in [1.29, 1.82) is 0 Å². The molecule has 0 unspecified atom stereocenters. The summed E-state index contributed by atoms with van der Waals surface area (Å²) in [6, 6.07) is 11.0. The second-order valence-corrected chi connectivity index (χ2v) is 4.83. The lowest BCUT2D eigenvalue weighted by atomic mass is 10.1. The molecule has 0 atom stereocenters. The van der Waals surface area contributed by atoms with Crippen LogP contribution in [-0.2, 0) is 0 Å². The van der Waals surface area contributed by atoms with Crippen molar-refractivity contribution in [2.45, 2.75) is 0 Å². The molecule has 0 aliphatic rings. The summed E-state index contributed by atoms with van der Waals surface area (Å²) < 4.78 is 5.64. The quantitative estimate of drug-likeness (QED) is 0.778. The second kappa shape index (κ2) is 5.15. The van der Waals surface area contributed by atoms with Crippen LogP contribution in [0.4, 0.5) is 0 Å². The van der Waals surface area contributed by atoms with Gasteiger partial charge in [-0.3, -0.25) is 4.79 Å². The van der Waals surface area contributed by atoms with Crippen molar-refractivity contribution in [3.63, 3.8) is 0 Å². The third kappa shape index (κ3) is 2.24. The van der Waals surface area contributed by atoms with E-state index in [1.807, 2.05) is 24.3 Å². The largest absolute Gasteiger partial charge is 0.437 e. The predicted octanol–water partition coefficient (Wildman–Crippen LogP) is 4.02. The minimum absolute atomic E-state index is 0.0582. The maximum absolute atomic E-state index is 11.4. The molecule has 6 heteroatoms. The maximum atomic E-state index is 11.4. The number of fused-ring (bicyclic) bond motifs is 1. The molecule has 0 bridgehead atoms. The number of halogens is 2. The van der Waals surface area contributed by atoms with E-state index < -0.39 is 5.56 Å². The van der Waals surface area contributed by atoms with E-state index in [-0.39, 0.29) is 10.9 Å². The van der Waals surface area contributed by atoms with Crippen LogP contribution in [0.15, 0.2) is 47.5 Å². The smallest absolute Gasteiger partial charge is 0.273 e. The Balaban J connectivity index is 2.14. The van der Waals surface area contributed by atoms with E-state index in [0.29, 0.717) is 10.8 Å². The van der Waals surface area contributed by atoms with Crippen molar-refractivity contribution in [1.82, 2.24) is 9.97 Å². The molecule has 2 aromatic carbocycles. The first kappa shape index (κ1) is 13.0. The molecule has 0 aliphatic heterocycles. The van der Waals surface area contributed by atoms with E-state index in [4.69, 9.17) is 27.9 Å². The van der Waals surface area contributed by atoms with Gasteiger partial charge in [-0.1, -0.05) is 47.5 Å². The van der Waals surface area contributed by atoms with E-state index in [9.17, 15) is 4.79 Å². The van der Waals surface area contributed by atoms with Crippen molar-refractivity contribution in [2.24, 2.45) is 0 Å². The fourth-order valence-electron chi connectivity index (χ4n) is 1.87. The monoisotopic (exact) mass is 306 g/mol. The minimum Gasteiger partial charge on any atom is -0.437 e. The zero-order valence-corrected chi connectivity index (χ0v) is 11.6. The Kier molecular flexibility index (Phi) is 3.34. The van der Waals surface area contributed by atoms with Crippen molar-refractivity contribution in [3.8, 4) is 11.6 Å². The topological polar surface area (TPSA) is 55.0 Å². The standard InChI is InChI=1S/C14H8Cl2N2O2/c15-10-5-6-11(9-4-2-1-3-8(9)10)20-14-12(16)13(19)17-7-18-14/h1-7H,(H,17,18,19). The predicted molar refractivity (Wildman–Crippen MR) is 78.9 cm³/mol. The summed E-state index contributed by atoms with van der Waals surface area (Å²) in [6.45, 7) is 0. The molecule has 1 aromatic heterocycles. The summed E-state index contributed by atoms with van der Waals surface area (Å²) in [5.74, 6) is 0.591. The molecular weight excluding hydrogens is 299 g/mol. The van der Waals surface area contributed by atoms with Gasteiger partial charge in [0.2, 0.25) is 5.88 Å². The van der Waals surface area contributed by atoms with E-state index in [2.05, 4.69) is 9.97 Å². The van der Waals surface area contributed by atoms with Gasteiger partial charge in [-0.05, 0) is 12.1 Å². The number of aromatic nitrogens is 2. The SMILES string of the molecule is O=c1[nH]cnc(Oc2ccc(Cl)c3ccccc23)c1Cl. The average molecular weight is 307 g/mol. The van der Waals surface area contributed by atoms with Crippen LogP contribution in [0, 0.1) is 0 Å². The normalized spacial score (nSPS) is 10.7. The van der Waals surface area contributed by atoms with Gasteiger partial charge in [0.25, 0.3) is 5.56 Å². The molecule has 20 heavy (non-hydrogen) atoms. The Morgan fingerprint density at radius 2 is 1.80 bits per heavy atom. The van der Waals surface area contributed by atoms with Crippen LogP contribution in [0.5, 0.6) is 11.6 Å². The summed E-state index contributed by atoms with van der Waals surface area (Å²) in [5.41, 5.74) is -0.449. The molecule has 3 rings (SSSR count). The summed E-state index contributed by atoms with van der Waals surface area (Å²) in [4.78, 5) is 17.7. The van der Waals surface area contributed by atoms with E-state index in [0.717, 1.165) is 10.8 Å². The molecule has 3 aromatic rings. The Labute approximate surface area is 123 Å². The van der Waals surface area contributed by atoms with Gasteiger partial charge in [0, 0.05) is 15.8 Å². The zero-order valence-electron chi connectivity index (χ0n) is 10.1. The summed E-state index contributed by atoms with van der Waals surface area (Å²) >= 11 is 12.0. The number of ether oxygens (including phenoxy) is 1. The highest BCUT2D eigenvalue weighted by Gasteiger charge is 2.11. The first-order chi connectivity index (χ1) is 9.66. The lowest BCUT2D eigenvalue weighted by molar-refractivity contribution is 0.466. The first-order valence-electron chi connectivity index (χ1n) is 5.75. The Bertz CT molecular complexity index is 846. The number of H-pyrrole nitrogens is 1. The molecule has 0 amide bonds. The van der Waals surface area contributed by atoms with Crippen LogP contribution in [0.25, 0.3) is 10.8 Å². The molecule has 0 saturated carbocycles. The van der Waals surface area contributed by atoms with Gasteiger partial charge in [0.05, 0.1) is 6.33 Å². The molecule has 1 N–H and O–H groups in total. The fraction of sp³-hybridized carbons (Fsp3) is 0. The number of benzene rings is 2. The fourth-order valence-corrected chi connectivity index (χ4v) is 2.24. The maximum Gasteiger partial charge on any atom is 0.273 e. The van der Waals surface area contributed by atoms with Gasteiger partial charge < -0.3 is 9.72 Å². The highest BCUT2D eigenvalue weighted by molar-refractivity contribution is 6.35. The number of nitrogens with zero attached hydrogens (tertiary/aromatic N) is 1. The van der Waals surface area contributed by atoms with Crippen LogP contribution in [0.1, 0.15) is 0 Å². The Morgan fingerprint density at radius 1 is 1.05 bits per heavy atom. The number of hydrogen-bond donors (Lipinski definition) is 1. The third-order valence-corrected chi connectivity index (χ3v) is 3.46. The first-order valence-corrected chi connectivity index (χ1v) is 6.50. The van der Waals surface area contributed by atoms with Crippen LogP contribution in [0.3, 0.4) is 0 Å². The zero-order chi connectivity index (χ0) is 14.1. The average Bonchev–Trinajstić information content (AvgIpc) is 2.47. The third-order valence-electron chi connectivity index (χ3n) is 2.80. The van der Waals surface area contributed by atoms with Crippen molar-refractivity contribution < 1.29 is 4.74 Å². The van der Waals surface area contributed by atoms with E-state index >= 15 is 0 Å². The van der Waals surface area contributed by atoms with Crippen LogP contribution < -0.4 is 10.3 Å². The summed E-state index contributed by atoms with van der Waals surface area (Å²) in [7, 11) is 0. The lowest BCUT2D eigenvalue weighted by Gasteiger charge is -2.09. The molecule has 0 spiro atoms. The number of nitrogens with one attached hydrogen (secondary N) is 1. The number of hydrogen-bond acceptors (Lipinski definition) is 3. The van der Waals surface area contributed by atoms with Gasteiger partial charge >= 0.3 is 0 Å². The van der Waals surface area contributed by atoms with Gasteiger partial charge in [-0.2, -0.15) is 0 Å². The van der Waals surface area contributed by atoms with Gasteiger partial charge in [-0.15, -0.1) is 0 Å². The molecule has 4 nitrogen and oxygen atoms in total. The van der Waals surface area contributed by atoms with E-state index in [1.165, 1.54) is 6.33 Å².